The molecule has 3 aromatic carbocycles. The minimum Gasteiger partial charge on any atom is -0.492 e. The molecule has 6 heteroatoms. The Morgan fingerprint density at radius 3 is 2.45 bits per heavy atom. The third-order valence-corrected chi connectivity index (χ3v) is 4.39. The van der Waals surface area contributed by atoms with E-state index in [4.69, 9.17) is 4.74 Å². The average Bonchev–Trinajstić information content (AvgIpc) is 3.30. The fourth-order valence-corrected chi connectivity index (χ4v) is 2.96. The monoisotopic (exact) mass is 384 g/mol. The van der Waals surface area contributed by atoms with Gasteiger partial charge in [0.15, 0.2) is 0 Å². The Hall–Kier alpha value is -3.93. The van der Waals surface area contributed by atoms with Gasteiger partial charge in [-0.2, -0.15) is 5.10 Å². The highest BCUT2D eigenvalue weighted by molar-refractivity contribution is 5.90. The molecule has 6 nitrogen and oxygen atoms in total. The lowest BCUT2D eigenvalue weighted by molar-refractivity contribution is -0.116. The number of carbonyl (C=O) groups excluding carboxylic acids is 1. The van der Waals surface area contributed by atoms with Crippen molar-refractivity contribution in [3.63, 3.8) is 0 Å². The van der Waals surface area contributed by atoms with Crippen LogP contribution in [0.25, 0.3) is 16.8 Å². The number of ether oxygens (including phenoxy) is 1. The Morgan fingerprint density at radius 2 is 1.69 bits per heavy atom. The van der Waals surface area contributed by atoms with Crippen molar-refractivity contribution >= 4 is 11.6 Å². The number of rotatable bonds is 7. The number of carbonyl (C=O) groups is 1. The second-order valence-corrected chi connectivity index (χ2v) is 6.40. The van der Waals surface area contributed by atoms with E-state index >= 15 is 0 Å². The maximum absolute atomic E-state index is 12.3. The Labute approximate surface area is 168 Å². The molecule has 29 heavy (non-hydrogen) atoms. The number of hydrogen-bond donors (Lipinski definition) is 1. The van der Waals surface area contributed by atoms with E-state index in [1.165, 1.54) is 6.33 Å². The fourth-order valence-electron chi connectivity index (χ4n) is 2.96. The number of aromatic nitrogens is 3. The Kier molecular flexibility index (Phi) is 5.62. The van der Waals surface area contributed by atoms with Crippen LogP contribution in [0.15, 0.2) is 91.5 Å². The van der Waals surface area contributed by atoms with E-state index in [-0.39, 0.29) is 12.3 Å². The van der Waals surface area contributed by atoms with E-state index in [2.05, 4.69) is 15.4 Å². The summed E-state index contributed by atoms with van der Waals surface area (Å²) in [5.74, 6) is 0.666. The van der Waals surface area contributed by atoms with Crippen molar-refractivity contribution in [2.45, 2.75) is 6.42 Å². The first-order valence-corrected chi connectivity index (χ1v) is 9.32. The van der Waals surface area contributed by atoms with E-state index in [1.54, 1.807) is 11.0 Å². The molecule has 1 aromatic heterocycles. The predicted octanol–water partition coefficient (Wildman–Crippen LogP) is 4.34. The summed E-state index contributed by atoms with van der Waals surface area (Å²) in [5.41, 5.74) is 3.70. The van der Waals surface area contributed by atoms with Gasteiger partial charge in [0.25, 0.3) is 0 Å². The molecule has 0 fully saturated rings. The van der Waals surface area contributed by atoms with Gasteiger partial charge >= 0.3 is 0 Å². The van der Waals surface area contributed by atoms with Crippen LogP contribution in [0.2, 0.25) is 0 Å². The van der Waals surface area contributed by atoms with Crippen LogP contribution in [-0.4, -0.2) is 27.3 Å². The van der Waals surface area contributed by atoms with Gasteiger partial charge in [0.2, 0.25) is 5.91 Å². The van der Waals surface area contributed by atoms with Crippen molar-refractivity contribution in [1.82, 2.24) is 14.8 Å². The van der Waals surface area contributed by atoms with Gasteiger partial charge in [0.05, 0.1) is 18.7 Å². The molecule has 1 amide bonds. The van der Waals surface area contributed by atoms with Crippen molar-refractivity contribution in [3.8, 4) is 22.6 Å². The second-order valence-electron chi connectivity index (χ2n) is 6.40. The van der Waals surface area contributed by atoms with Crippen LogP contribution in [0.1, 0.15) is 6.42 Å². The molecular formula is C23H20N4O2. The topological polar surface area (TPSA) is 69.0 Å². The van der Waals surface area contributed by atoms with E-state index in [0.29, 0.717) is 6.61 Å². The zero-order valence-corrected chi connectivity index (χ0v) is 15.7. The summed E-state index contributed by atoms with van der Waals surface area (Å²) in [6.45, 7) is 0.298. The highest BCUT2D eigenvalue weighted by Crippen LogP contribution is 2.29. The molecule has 0 bridgehead atoms. The number of amides is 1. The van der Waals surface area contributed by atoms with Gasteiger partial charge < -0.3 is 10.1 Å². The van der Waals surface area contributed by atoms with E-state index in [0.717, 1.165) is 28.3 Å². The van der Waals surface area contributed by atoms with E-state index < -0.39 is 0 Å². The van der Waals surface area contributed by atoms with Crippen LogP contribution in [0.3, 0.4) is 0 Å². The molecule has 1 N–H and O–H groups in total. The van der Waals surface area contributed by atoms with Crippen LogP contribution in [-0.2, 0) is 4.79 Å². The Bertz CT molecular complexity index is 1060. The molecule has 1 heterocycles. The maximum Gasteiger partial charge on any atom is 0.227 e. The first kappa shape index (κ1) is 18.4. The standard InChI is InChI=1S/C23H20N4O2/c28-23(26-19-10-12-20(13-11-19)27-17-24-16-25-27)14-15-29-22-9-5-4-8-21(22)18-6-2-1-3-7-18/h1-13,16-17H,14-15H2,(H,26,28). The van der Waals surface area contributed by atoms with E-state index in [9.17, 15) is 4.79 Å². The zero-order chi connectivity index (χ0) is 19.9. The summed E-state index contributed by atoms with van der Waals surface area (Å²) in [6.07, 6.45) is 3.36. The summed E-state index contributed by atoms with van der Waals surface area (Å²) in [4.78, 5) is 16.2. The number of nitrogens with zero attached hydrogens (tertiary/aromatic N) is 3. The minimum atomic E-state index is -0.101. The van der Waals surface area contributed by atoms with Crippen molar-refractivity contribution in [2.75, 3.05) is 11.9 Å². The maximum atomic E-state index is 12.3. The number of benzene rings is 3. The van der Waals surface area contributed by atoms with Gasteiger partial charge in [-0.3, -0.25) is 4.79 Å². The minimum absolute atomic E-state index is 0.101. The summed E-state index contributed by atoms with van der Waals surface area (Å²) in [7, 11) is 0. The quantitative estimate of drug-likeness (QED) is 0.515. The molecule has 0 saturated heterocycles. The summed E-state index contributed by atoms with van der Waals surface area (Å²) in [5, 5.41) is 6.96. The lowest BCUT2D eigenvalue weighted by Gasteiger charge is -2.12. The second kappa shape index (κ2) is 8.84. The molecule has 0 aliphatic carbocycles. The lowest BCUT2D eigenvalue weighted by atomic mass is 10.1. The Morgan fingerprint density at radius 1 is 0.931 bits per heavy atom. The molecule has 4 rings (SSSR count). The molecule has 0 spiro atoms. The van der Waals surface area contributed by atoms with Gasteiger partial charge in [-0.25, -0.2) is 9.67 Å². The van der Waals surface area contributed by atoms with Crippen LogP contribution >= 0.6 is 0 Å². The SMILES string of the molecule is O=C(CCOc1ccccc1-c1ccccc1)Nc1ccc(-n2cncn2)cc1. The summed E-state index contributed by atoms with van der Waals surface area (Å²) in [6, 6.07) is 25.3. The highest BCUT2D eigenvalue weighted by atomic mass is 16.5. The number of hydrogen-bond acceptors (Lipinski definition) is 4. The van der Waals surface area contributed by atoms with Gasteiger partial charge in [0, 0.05) is 11.3 Å². The molecule has 144 valence electrons. The molecule has 0 saturated carbocycles. The van der Waals surface area contributed by atoms with Crippen LogP contribution < -0.4 is 10.1 Å². The average molecular weight is 384 g/mol. The molecule has 4 aromatic rings. The number of para-hydroxylation sites is 1. The van der Waals surface area contributed by atoms with Crippen LogP contribution in [0, 0.1) is 0 Å². The normalized spacial score (nSPS) is 10.5. The number of nitrogens with one attached hydrogen (secondary N) is 1. The van der Waals surface area contributed by atoms with Gasteiger partial charge in [-0.1, -0.05) is 48.5 Å². The third kappa shape index (κ3) is 4.68. The summed E-state index contributed by atoms with van der Waals surface area (Å²) >= 11 is 0. The smallest absolute Gasteiger partial charge is 0.227 e. The van der Waals surface area contributed by atoms with E-state index in [1.807, 2.05) is 78.9 Å². The highest BCUT2D eigenvalue weighted by Gasteiger charge is 2.08. The Balaban J connectivity index is 1.32. The van der Waals surface area contributed by atoms with Gasteiger partial charge in [-0.15, -0.1) is 0 Å². The first-order chi connectivity index (χ1) is 14.3. The first-order valence-electron chi connectivity index (χ1n) is 9.32. The fraction of sp³-hybridized carbons (Fsp3) is 0.0870. The van der Waals surface area contributed by atoms with Gasteiger partial charge in [0.1, 0.15) is 18.4 Å². The molecule has 0 aliphatic rings. The van der Waals surface area contributed by atoms with Crippen LogP contribution in [0.4, 0.5) is 5.69 Å². The lowest BCUT2D eigenvalue weighted by Crippen LogP contribution is -2.15. The molecule has 0 unspecified atom stereocenters. The van der Waals surface area contributed by atoms with Crippen molar-refractivity contribution < 1.29 is 9.53 Å². The predicted molar refractivity (Wildman–Crippen MR) is 112 cm³/mol. The number of anilines is 1. The van der Waals surface area contributed by atoms with Crippen molar-refractivity contribution in [2.24, 2.45) is 0 Å². The molecule has 0 radical (unpaired) electrons. The molecular weight excluding hydrogens is 364 g/mol. The summed E-state index contributed by atoms with van der Waals surface area (Å²) < 4.78 is 7.54. The third-order valence-electron chi connectivity index (χ3n) is 4.39. The van der Waals surface area contributed by atoms with Gasteiger partial charge in [-0.05, 0) is 35.9 Å². The largest absolute Gasteiger partial charge is 0.492 e. The molecule has 0 aliphatic heterocycles. The van der Waals surface area contributed by atoms with Crippen molar-refractivity contribution in [3.05, 3.63) is 91.5 Å². The zero-order valence-electron chi connectivity index (χ0n) is 15.7. The van der Waals surface area contributed by atoms with Crippen LogP contribution in [0.5, 0.6) is 5.75 Å². The molecule has 0 atom stereocenters. The van der Waals surface area contributed by atoms with Crippen molar-refractivity contribution in [1.29, 1.82) is 0 Å².